The Morgan fingerprint density at radius 2 is 1.85 bits per heavy atom. The summed E-state index contributed by atoms with van der Waals surface area (Å²) in [6, 6.07) is 13.2. The highest BCUT2D eigenvalue weighted by molar-refractivity contribution is 7.89. The molecular formula is C18H18N4O4S. The van der Waals surface area contributed by atoms with E-state index in [4.69, 9.17) is 0 Å². The van der Waals surface area contributed by atoms with E-state index in [9.17, 15) is 18.5 Å². The summed E-state index contributed by atoms with van der Waals surface area (Å²) in [5.74, 6) is 0. The number of fused-ring (bicyclic) bond motifs is 1. The molecule has 9 heteroatoms. The molecule has 0 aliphatic heterocycles. The molecule has 140 valence electrons. The van der Waals surface area contributed by atoms with Crippen LogP contribution in [-0.4, -0.2) is 25.4 Å². The predicted molar refractivity (Wildman–Crippen MR) is 103 cm³/mol. The van der Waals surface area contributed by atoms with Crippen molar-refractivity contribution in [1.29, 1.82) is 0 Å². The van der Waals surface area contributed by atoms with Crippen LogP contribution in [0.25, 0.3) is 10.9 Å². The molecule has 0 spiro atoms. The van der Waals surface area contributed by atoms with Crippen LogP contribution in [0.3, 0.4) is 0 Å². The van der Waals surface area contributed by atoms with Crippen LogP contribution in [0, 0.1) is 17.0 Å². The molecule has 27 heavy (non-hydrogen) atoms. The Morgan fingerprint density at radius 1 is 1.15 bits per heavy atom. The van der Waals surface area contributed by atoms with Crippen molar-refractivity contribution in [3.05, 3.63) is 69.9 Å². The van der Waals surface area contributed by atoms with Crippen LogP contribution < -0.4 is 10.0 Å². The number of aryl methyl sites for hydroxylation is 1. The molecule has 8 nitrogen and oxygen atoms in total. The monoisotopic (exact) mass is 386 g/mol. The summed E-state index contributed by atoms with van der Waals surface area (Å²) in [6.07, 6.45) is 0. The first-order valence-corrected chi connectivity index (χ1v) is 9.61. The fourth-order valence-corrected chi connectivity index (χ4v) is 3.49. The van der Waals surface area contributed by atoms with Gasteiger partial charge in [-0.25, -0.2) is 18.1 Å². The molecule has 2 N–H and O–H groups in total. The second-order valence-corrected chi connectivity index (χ2v) is 7.83. The highest BCUT2D eigenvalue weighted by Crippen LogP contribution is 2.30. The normalized spacial score (nSPS) is 11.5. The van der Waals surface area contributed by atoms with Gasteiger partial charge in [0.15, 0.2) is 5.52 Å². The van der Waals surface area contributed by atoms with Gasteiger partial charge < -0.3 is 5.32 Å². The molecule has 1 heterocycles. The fourth-order valence-electron chi connectivity index (χ4n) is 2.76. The first-order valence-electron chi connectivity index (χ1n) is 8.13. The number of hydrogen-bond acceptors (Lipinski definition) is 6. The molecule has 1 aromatic heterocycles. The van der Waals surface area contributed by atoms with Crippen molar-refractivity contribution in [3.63, 3.8) is 0 Å². The van der Waals surface area contributed by atoms with Gasteiger partial charge in [0.05, 0.1) is 9.82 Å². The Kier molecular flexibility index (Phi) is 5.06. The van der Waals surface area contributed by atoms with Crippen LogP contribution in [0.15, 0.2) is 53.4 Å². The number of benzene rings is 2. The minimum absolute atomic E-state index is 0.0409. The number of pyridine rings is 1. The van der Waals surface area contributed by atoms with Crippen molar-refractivity contribution in [2.24, 2.45) is 0 Å². The van der Waals surface area contributed by atoms with E-state index in [1.807, 2.05) is 6.07 Å². The average Bonchev–Trinajstić information content (AvgIpc) is 2.65. The lowest BCUT2D eigenvalue weighted by atomic mass is 10.1. The van der Waals surface area contributed by atoms with Crippen LogP contribution >= 0.6 is 0 Å². The van der Waals surface area contributed by atoms with Crippen LogP contribution in [0.2, 0.25) is 0 Å². The molecule has 0 aliphatic carbocycles. The zero-order valence-electron chi connectivity index (χ0n) is 14.8. The zero-order valence-corrected chi connectivity index (χ0v) is 15.6. The number of sulfonamides is 1. The lowest BCUT2D eigenvalue weighted by Gasteiger charge is -2.11. The van der Waals surface area contributed by atoms with Gasteiger partial charge in [0.2, 0.25) is 10.0 Å². The molecule has 0 unspecified atom stereocenters. The Balaban J connectivity index is 1.89. The van der Waals surface area contributed by atoms with Gasteiger partial charge in [0.25, 0.3) is 5.69 Å². The first kappa shape index (κ1) is 18.7. The van der Waals surface area contributed by atoms with E-state index in [1.54, 1.807) is 31.2 Å². The van der Waals surface area contributed by atoms with Gasteiger partial charge in [-0.1, -0.05) is 24.3 Å². The van der Waals surface area contributed by atoms with Crippen molar-refractivity contribution in [2.45, 2.75) is 18.4 Å². The molecule has 0 aliphatic rings. The molecule has 0 bridgehead atoms. The quantitative estimate of drug-likeness (QED) is 0.497. The minimum Gasteiger partial charge on any atom is -0.380 e. The molecule has 0 atom stereocenters. The third-order valence-electron chi connectivity index (χ3n) is 4.13. The summed E-state index contributed by atoms with van der Waals surface area (Å²) < 4.78 is 25.8. The topological polar surface area (TPSA) is 114 Å². The van der Waals surface area contributed by atoms with Gasteiger partial charge >= 0.3 is 0 Å². The number of anilines is 1. The summed E-state index contributed by atoms with van der Waals surface area (Å²) in [5, 5.41) is 15.2. The maximum absolute atomic E-state index is 11.8. The number of non-ortho nitro benzene ring substituents is 1. The highest BCUT2D eigenvalue weighted by atomic mass is 32.2. The summed E-state index contributed by atoms with van der Waals surface area (Å²) in [5.41, 5.74) is 2.56. The van der Waals surface area contributed by atoms with E-state index in [1.165, 1.54) is 25.2 Å². The molecule has 0 radical (unpaired) electrons. The molecule has 3 rings (SSSR count). The van der Waals surface area contributed by atoms with Gasteiger partial charge in [0, 0.05) is 29.4 Å². The van der Waals surface area contributed by atoms with E-state index in [0.29, 0.717) is 23.1 Å². The van der Waals surface area contributed by atoms with Crippen molar-refractivity contribution < 1.29 is 13.3 Å². The van der Waals surface area contributed by atoms with Gasteiger partial charge in [-0.05, 0) is 37.7 Å². The molecule has 3 aromatic rings. The number of rotatable bonds is 6. The second-order valence-electron chi connectivity index (χ2n) is 5.95. The molecule has 0 saturated carbocycles. The van der Waals surface area contributed by atoms with Crippen molar-refractivity contribution in [3.8, 4) is 0 Å². The lowest BCUT2D eigenvalue weighted by molar-refractivity contribution is -0.383. The van der Waals surface area contributed by atoms with E-state index < -0.39 is 14.9 Å². The number of aromatic nitrogens is 1. The number of nitro groups is 1. The van der Waals surface area contributed by atoms with Crippen LogP contribution in [0.4, 0.5) is 11.4 Å². The Bertz CT molecular complexity index is 1110. The smallest absolute Gasteiger partial charge is 0.295 e. The summed E-state index contributed by atoms with van der Waals surface area (Å²) >= 11 is 0. The minimum atomic E-state index is -3.47. The maximum atomic E-state index is 11.8. The van der Waals surface area contributed by atoms with Crippen molar-refractivity contribution in [2.75, 3.05) is 12.4 Å². The Labute approximate surface area is 156 Å². The molecular weight excluding hydrogens is 368 g/mol. The molecule has 2 aromatic carbocycles. The summed E-state index contributed by atoms with van der Waals surface area (Å²) in [4.78, 5) is 15.3. The number of para-hydroxylation sites is 1. The Hall–Kier alpha value is -3.04. The van der Waals surface area contributed by atoms with Crippen LogP contribution in [0.5, 0.6) is 0 Å². The van der Waals surface area contributed by atoms with E-state index in [-0.39, 0.29) is 10.6 Å². The standard InChI is InChI=1S/C18H18N4O4S/c1-12-10-16(15-4-3-5-17(22(23)24)18(15)21-12)20-11-13-6-8-14(9-7-13)27(25,26)19-2/h3-10,19H,11H2,1-2H3,(H,20,21). The van der Waals surface area contributed by atoms with Crippen LogP contribution in [0.1, 0.15) is 11.3 Å². The highest BCUT2D eigenvalue weighted by Gasteiger charge is 2.16. The van der Waals surface area contributed by atoms with Crippen molar-refractivity contribution in [1.82, 2.24) is 9.71 Å². The predicted octanol–water partition coefficient (Wildman–Crippen LogP) is 2.97. The zero-order chi connectivity index (χ0) is 19.6. The average molecular weight is 386 g/mol. The van der Waals surface area contributed by atoms with Crippen molar-refractivity contribution >= 4 is 32.3 Å². The molecule has 0 saturated heterocycles. The molecule has 0 amide bonds. The molecule has 0 fully saturated rings. The number of hydrogen-bond donors (Lipinski definition) is 2. The lowest BCUT2D eigenvalue weighted by Crippen LogP contribution is -2.18. The van der Waals surface area contributed by atoms with Gasteiger partial charge in [-0.3, -0.25) is 10.1 Å². The fraction of sp³-hybridized carbons (Fsp3) is 0.167. The van der Waals surface area contributed by atoms with E-state index >= 15 is 0 Å². The van der Waals surface area contributed by atoms with Gasteiger partial charge in [-0.15, -0.1) is 0 Å². The number of nitrogens with one attached hydrogen (secondary N) is 2. The van der Waals surface area contributed by atoms with E-state index in [0.717, 1.165) is 11.3 Å². The Morgan fingerprint density at radius 3 is 2.48 bits per heavy atom. The number of nitrogens with zero attached hydrogens (tertiary/aromatic N) is 2. The van der Waals surface area contributed by atoms with E-state index in [2.05, 4.69) is 15.0 Å². The summed E-state index contributed by atoms with van der Waals surface area (Å²) in [7, 11) is -2.11. The number of nitro benzene ring substituents is 1. The third kappa shape index (κ3) is 3.88. The summed E-state index contributed by atoms with van der Waals surface area (Å²) in [6.45, 7) is 2.21. The van der Waals surface area contributed by atoms with Crippen LogP contribution in [-0.2, 0) is 16.6 Å². The first-order chi connectivity index (χ1) is 12.8. The maximum Gasteiger partial charge on any atom is 0.295 e. The van der Waals surface area contributed by atoms with Gasteiger partial charge in [0.1, 0.15) is 0 Å². The largest absolute Gasteiger partial charge is 0.380 e. The SMILES string of the molecule is CNS(=O)(=O)c1ccc(CNc2cc(C)nc3c([N+](=O)[O-])cccc23)cc1. The van der Waals surface area contributed by atoms with Gasteiger partial charge in [-0.2, -0.15) is 0 Å². The third-order valence-corrected chi connectivity index (χ3v) is 5.56. The second kappa shape index (κ2) is 7.29.